The second kappa shape index (κ2) is 3.58. The van der Waals surface area contributed by atoms with Gasteiger partial charge < -0.3 is 16.6 Å². The second-order valence-corrected chi connectivity index (χ2v) is 3.67. The van der Waals surface area contributed by atoms with Gasteiger partial charge >= 0.3 is 0 Å². The minimum Gasteiger partial charge on any atom is -0.400 e. The summed E-state index contributed by atoms with van der Waals surface area (Å²) in [6.45, 7) is 5.11. The molecule has 4 nitrogen and oxygen atoms in total. The molecule has 0 atom stereocenters. The van der Waals surface area contributed by atoms with Crippen molar-refractivity contribution in [3.63, 3.8) is 0 Å². The van der Waals surface area contributed by atoms with E-state index in [0.29, 0.717) is 5.57 Å². The third-order valence-electron chi connectivity index (χ3n) is 1.49. The molecule has 5 N–H and O–H groups in total. The topological polar surface area (TPSA) is 89.3 Å². The van der Waals surface area contributed by atoms with Crippen LogP contribution in [0.25, 0.3) is 0 Å². The van der Waals surface area contributed by atoms with Crippen molar-refractivity contribution in [1.29, 1.82) is 0 Å². The van der Waals surface area contributed by atoms with Crippen molar-refractivity contribution in [1.82, 2.24) is 0 Å². The first-order valence-electron chi connectivity index (χ1n) is 3.70. The molecule has 0 aliphatic carbocycles. The summed E-state index contributed by atoms with van der Waals surface area (Å²) in [6.07, 6.45) is 0. The fourth-order valence-corrected chi connectivity index (χ4v) is 1.09. The molecule has 0 rings (SSSR count). The Hall–Kier alpha value is -1.03. The molecule has 4 heteroatoms. The number of carbonyl (C=O) groups is 1. The third kappa shape index (κ3) is 2.54. The summed E-state index contributed by atoms with van der Waals surface area (Å²) in [4.78, 5) is 10.9. The van der Waals surface area contributed by atoms with Crippen LogP contribution < -0.4 is 11.5 Å². The molecule has 0 saturated heterocycles. The van der Waals surface area contributed by atoms with Gasteiger partial charge in [0.05, 0.1) is 6.61 Å². The van der Waals surface area contributed by atoms with Crippen LogP contribution in [0.3, 0.4) is 0 Å². The molecule has 0 aromatic carbocycles. The number of hydrogen-bond acceptors (Lipinski definition) is 3. The Bertz CT molecular complexity index is 214. The lowest BCUT2D eigenvalue weighted by Crippen LogP contribution is -2.29. The maximum absolute atomic E-state index is 10.9. The van der Waals surface area contributed by atoms with E-state index in [2.05, 4.69) is 0 Å². The van der Waals surface area contributed by atoms with E-state index < -0.39 is 11.3 Å². The Morgan fingerprint density at radius 2 is 1.75 bits per heavy atom. The second-order valence-electron chi connectivity index (χ2n) is 3.67. The number of rotatable bonds is 2. The van der Waals surface area contributed by atoms with E-state index in [-0.39, 0.29) is 12.3 Å². The summed E-state index contributed by atoms with van der Waals surface area (Å²) in [5, 5.41) is 8.73. The summed E-state index contributed by atoms with van der Waals surface area (Å²) in [7, 11) is 0. The summed E-state index contributed by atoms with van der Waals surface area (Å²) < 4.78 is 0. The molecule has 0 bridgehead atoms. The molecule has 0 radical (unpaired) electrons. The molecular weight excluding hydrogens is 156 g/mol. The van der Waals surface area contributed by atoms with E-state index >= 15 is 0 Å². The van der Waals surface area contributed by atoms with Crippen LogP contribution in [0.5, 0.6) is 0 Å². The predicted octanol–water partition coefficient (Wildman–Crippen LogP) is -0.277. The standard InChI is InChI=1S/C8H16N2O2/c1-8(2,3)6(7(10)12)5(9)4-11/h11H,4,9H2,1-3H3,(H2,10,12). The summed E-state index contributed by atoms with van der Waals surface area (Å²) in [5.41, 5.74) is 10.6. The monoisotopic (exact) mass is 172 g/mol. The Morgan fingerprint density at radius 3 is 1.83 bits per heavy atom. The smallest absolute Gasteiger partial charge is 0.246 e. The van der Waals surface area contributed by atoms with Gasteiger partial charge in [-0.2, -0.15) is 0 Å². The van der Waals surface area contributed by atoms with Crippen molar-refractivity contribution in [3.05, 3.63) is 11.3 Å². The van der Waals surface area contributed by atoms with Crippen LogP contribution in [0.2, 0.25) is 0 Å². The average Bonchev–Trinajstić information content (AvgIpc) is 1.83. The van der Waals surface area contributed by atoms with Gasteiger partial charge in [-0.3, -0.25) is 4.79 Å². The largest absolute Gasteiger partial charge is 0.400 e. The normalized spacial score (nSPS) is 14.0. The first-order valence-corrected chi connectivity index (χ1v) is 3.70. The van der Waals surface area contributed by atoms with E-state index in [1.54, 1.807) is 0 Å². The highest BCUT2D eigenvalue weighted by Crippen LogP contribution is 2.25. The number of nitrogens with two attached hydrogens (primary N) is 2. The minimum absolute atomic E-state index is 0.148. The molecule has 0 aliphatic heterocycles. The van der Waals surface area contributed by atoms with Gasteiger partial charge in [0.1, 0.15) is 0 Å². The number of primary amides is 1. The highest BCUT2D eigenvalue weighted by Gasteiger charge is 2.24. The summed E-state index contributed by atoms with van der Waals surface area (Å²) in [5.74, 6) is -0.575. The number of amides is 1. The van der Waals surface area contributed by atoms with Gasteiger partial charge in [0, 0.05) is 11.3 Å². The van der Waals surface area contributed by atoms with Crippen LogP contribution in [-0.2, 0) is 4.79 Å². The Morgan fingerprint density at radius 1 is 1.33 bits per heavy atom. The van der Waals surface area contributed by atoms with Crippen molar-refractivity contribution in [2.45, 2.75) is 20.8 Å². The van der Waals surface area contributed by atoms with Crippen molar-refractivity contribution in [2.75, 3.05) is 6.61 Å². The van der Waals surface area contributed by atoms with Gasteiger partial charge in [-0.1, -0.05) is 20.8 Å². The van der Waals surface area contributed by atoms with Crippen LogP contribution in [0.1, 0.15) is 20.8 Å². The number of hydrogen-bond donors (Lipinski definition) is 3. The fraction of sp³-hybridized carbons (Fsp3) is 0.625. The molecule has 0 heterocycles. The maximum atomic E-state index is 10.9. The zero-order chi connectivity index (χ0) is 9.94. The fourth-order valence-electron chi connectivity index (χ4n) is 1.09. The zero-order valence-electron chi connectivity index (χ0n) is 7.72. The molecule has 12 heavy (non-hydrogen) atoms. The lowest BCUT2D eigenvalue weighted by Gasteiger charge is -2.21. The van der Waals surface area contributed by atoms with Gasteiger partial charge in [-0.15, -0.1) is 0 Å². The van der Waals surface area contributed by atoms with Crippen LogP contribution in [0.4, 0.5) is 0 Å². The third-order valence-corrected chi connectivity index (χ3v) is 1.49. The molecule has 0 aliphatic rings. The Kier molecular flexibility index (Phi) is 3.27. The van der Waals surface area contributed by atoms with Gasteiger partial charge in [-0.05, 0) is 5.41 Å². The van der Waals surface area contributed by atoms with Crippen LogP contribution in [0, 0.1) is 5.41 Å². The number of aliphatic hydroxyl groups excluding tert-OH is 1. The molecule has 0 saturated carbocycles. The Balaban J connectivity index is 5.07. The molecule has 70 valence electrons. The zero-order valence-corrected chi connectivity index (χ0v) is 7.72. The van der Waals surface area contributed by atoms with Crippen LogP contribution >= 0.6 is 0 Å². The molecule has 0 fully saturated rings. The lowest BCUT2D eigenvalue weighted by atomic mass is 9.84. The first kappa shape index (κ1) is 11.0. The summed E-state index contributed by atoms with van der Waals surface area (Å²) >= 11 is 0. The molecule has 1 amide bonds. The molecule has 0 aromatic rings. The quantitative estimate of drug-likeness (QED) is 0.500. The first-order chi connectivity index (χ1) is 5.30. The maximum Gasteiger partial charge on any atom is 0.246 e. The van der Waals surface area contributed by atoms with Crippen molar-refractivity contribution < 1.29 is 9.90 Å². The van der Waals surface area contributed by atoms with Gasteiger partial charge in [-0.25, -0.2) is 0 Å². The predicted molar refractivity (Wildman–Crippen MR) is 46.9 cm³/mol. The molecule has 0 aromatic heterocycles. The van der Waals surface area contributed by atoms with E-state index in [1.165, 1.54) is 0 Å². The van der Waals surface area contributed by atoms with Gasteiger partial charge in [0.25, 0.3) is 0 Å². The highest BCUT2D eigenvalue weighted by molar-refractivity contribution is 5.93. The number of carbonyl (C=O) groups excluding carboxylic acids is 1. The van der Waals surface area contributed by atoms with Crippen molar-refractivity contribution in [2.24, 2.45) is 16.9 Å². The molecule has 0 unspecified atom stereocenters. The van der Waals surface area contributed by atoms with E-state index in [4.69, 9.17) is 16.6 Å². The highest BCUT2D eigenvalue weighted by atomic mass is 16.3. The number of aliphatic hydroxyl groups is 1. The van der Waals surface area contributed by atoms with Crippen LogP contribution in [0.15, 0.2) is 11.3 Å². The van der Waals surface area contributed by atoms with E-state index in [9.17, 15) is 4.79 Å². The van der Waals surface area contributed by atoms with E-state index in [0.717, 1.165) is 0 Å². The minimum atomic E-state index is -0.575. The average molecular weight is 172 g/mol. The SMILES string of the molecule is CC(C)(C)C(C(N)=O)=C(N)CO. The van der Waals surface area contributed by atoms with Gasteiger partial charge in [0.2, 0.25) is 5.91 Å². The Labute approximate surface area is 72.2 Å². The van der Waals surface area contributed by atoms with Crippen LogP contribution in [-0.4, -0.2) is 17.6 Å². The van der Waals surface area contributed by atoms with Crippen molar-refractivity contribution in [3.8, 4) is 0 Å². The van der Waals surface area contributed by atoms with E-state index in [1.807, 2.05) is 20.8 Å². The summed E-state index contributed by atoms with van der Waals surface area (Å²) in [6, 6.07) is 0. The van der Waals surface area contributed by atoms with Crippen molar-refractivity contribution >= 4 is 5.91 Å². The molecular formula is C8H16N2O2. The lowest BCUT2D eigenvalue weighted by molar-refractivity contribution is -0.115. The van der Waals surface area contributed by atoms with Gasteiger partial charge in [0.15, 0.2) is 0 Å². The molecule has 0 spiro atoms.